The second-order valence-electron chi connectivity index (χ2n) is 4.66. The van der Waals surface area contributed by atoms with Crippen molar-refractivity contribution in [2.75, 3.05) is 19.9 Å². The van der Waals surface area contributed by atoms with Gasteiger partial charge in [0.25, 0.3) is 0 Å². The van der Waals surface area contributed by atoms with Crippen LogP contribution in [0.2, 0.25) is 0 Å². The fraction of sp³-hybridized carbons (Fsp3) is 0.538. The Hall–Kier alpha value is -0.740. The van der Waals surface area contributed by atoms with E-state index >= 15 is 0 Å². The predicted octanol–water partition coefficient (Wildman–Crippen LogP) is 2.95. The average Bonchev–Trinajstić information content (AvgIpc) is 2.79. The van der Waals surface area contributed by atoms with Crippen LogP contribution in [-0.4, -0.2) is 19.9 Å². The molecular weight excluding hydrogens is 282 g/mol. The molecule has 1 saturated heterocycles. The second-order valence-corrected chi connectivity index (χ2v) is 5.51. The number of benzene rings is 1. The highest BCUT2D eigenvalue weighted by atomic mass is 79.9. The third-order valence-electron chi connectivity index (χ3n) is 3.65. The normalized spacial score (nSPS) is 19.6. The van der Waals surface area contributed by atoms with E-state index in [1.165, 1.54) is 24.0 Å². The van der Waals surface area contributed by atoms with Crippen molar-refractivity contribution >= 4 is 15.9 Å². The number of nitrogens with one attached hydrogen (secondary N) is 1. The molecule has 3 nitrogen and oxygen atoms in total. The number of fused-ring (bicyclic) bond motifs is 1. The van der Waals surface area contributed by atoms with Gasteiger partial charge in [-0.1, -0.05) is 15.9 Å². The number of ether oxygens (including phenoxy) is 2. The van der Waals surface area contributed by atoms with Crippen LogP contribution in [0, 0.1) is 6.92 Å². The van der Waals surface area contributed by atoms with Gasteiger partial charge in [0.15, 0.2) is 11.5 Å². The van der Waals surface area contributed by atoms with E-state index in [4.69, 9.17) is 9.47 Å². The van der Waals surface area contributed by atoms with Crippen LogP contribution in [0.3, 0.4) is 0 Å². The monoisotopic (exact) mass is 297 g/mol. The Balaban J connectivity index is 2.07. The average molecular weight is 298 g/mol. The molecule has 0 saturated carbocycles. The predicted molar refractivity (Wildman–Crippen MR) is 69.8 cm³/mol. The Labute approximate surface area is 110 Å². The van der Waals surface area contributed by atoms with Crippen molar-refractivity contribution in [3.05, 3.63) is 21.7 Å². The van der Waals surface area contributed by atoms with Crippen LogP contribution in [0.15, 0.2) is 10.5 Å². The first-order valence-electron chi connectivity index (χ1n) is 6.06. The number of piperidine rings is 1. The van der Waals surface area contributed by atoms with Gasteiger partial charge in [-0.25, -0.2) is 0 Å². The first-order chi connectivity index (χ1) is 8.27. The molecule has 3 rings (SSSR count). The minimum atomic E-state index is 0.350. The molecule has 4 heteroatoms. The van der Waals surface area contributed by atoms with Crippen molar-refractivity contribution in [3.8, 4) is 11.5 Å². The number of hydrogen-bond acceptors (Lipinski definition) is 3. The minimum Gasteiger partial charge on any atom is -0.454 e. The van der Waals surface area contributed by atoms with Crippen LogP contribution < -0.4 is 14.8 Å². The summed E-state index contributed by atoms with van der Waals surface area (Å²) in [5.41, 5.74) is 2.63. The lowest BCUT2D eigenvalue weighted by molar-refractivity contribution is 0.172. The summed E-state index contributed by atoms with van der Waals surface area (Å²) in [5.74, 6) is 2.44. The maximum Gasteiger partial charge on any atom is 0.231 e. The van der Waals surface area contributed by atoms with Crippen molar-refractivity contribution in [1.82, 2.24) is 5.32 Å². The third kappa shape index (κ3) is 1.93. The standard InChI is InChI=1S/C13H16BrNO2/c1-8-10(14)6-11-13(17-7-16-11)12(8)9-2-4-15-5-3-9/h6,9,15H,2-5,7H2,1H3. The van der Waals surface area contributed by atoms with Crippen LogP contribution in [0.4, 0.5) is 0 Å². The molecule has 0 aromatic heterocycles. The third-order valence-corrected chi connectivity index (χ3v) is 4.48. The SMILES string of the molecule is Cc1c(Br)cc2c(c1C1CCNCC1)OCO2. The molecule has 17 heavy (non-hydrogen) atoms. The summed E-state index contributed by atoms with van der Waals surface area (Å²) >= 11 is 3.62. The van der Waals surface area contributed by atoms with Crippen molar-refractivity contribution < 1.29 is 9.47 Å². The fourth-order valence-corrected chi connectivity index (χ4v) is 3.15. The molecule has 0 spiro atoms. The summed E-state index contributed by atoms with van der Waals surface area (Å²) in [4.78, 5) is 0. The van der Waals surface area contributed by atoms with Crippen LogP contribution >= 0.6 is 15.9 Å². The molecule has 0 amide bonds. The molecule has 1 fully saturated rings. The van der Waals surface area contributed by atoms with Gasteiger partial charge in [-0.3, -0.25) is 0 Å². The van der Waals surface area contributed by atoms with Crippen LogP contribution in [-0.2, 0) is 0 Å². The van der Waals surface area contributed by atoms with E-state index in [1.807, 2.05) is 6.07 Å². The van der Waals surface area contributed by atoms with Crippen molar-refractivity contribution in [2.24, 2.45) is 0 Å². The van der Waals surface area contributed by atoms with Gasteiger partial charge in [-0.15, -0.1) is 0 Å². The highest BCUT2D eigenvalue weighted by Crippen LogP contribution is 2.46. The smallest absolute Gasteiger partial charge is 0.231 e. The molecule has 0 atom stereocenters. The lowest BCUT2D eigenvalue weighted by atomic mass is 9.86. The van der Waals surface area contributed by atoms with Crippen molar-refractivity contribution in [1.29, 1.82) is 0 Å². The van der Waals surface area contributed by atoms with E-state index in [1.54, 1.807) is 0 Å². The van der Waals surface area contributed by atoms with Crippen molar-refractivity contribution in [2.45, 2.75) is 25.7 Å². The highest BCUT2D eigenvalue weighted by Gasteiger charge is 2.28. The summed E-state index contributed by atoms with van der Waals surface area (Å²) in [6.45, 7) is 4.69. The maximum absolute atomic E-state index is 5.66. The molecule has 0 radical (unpaired) electrons. The zero-order valence-electron chi connectivity index (χ0n) is 9.88. The van der Waals surface area contributed by atoms with E-state index in [9.17, 15) is 0 Å². The van der Waals surface area contributed by atoms with E-state index in [0.29, 0.717) is 12.7 Å². The molecule has 2 heterocycles. The van der Waals surface area contributed by atoms with Gasteiger partial charge >= 0.3 is 0 Å². The largest absolute Gasteiger partial charge is 0.454 e. The van der Waals surface area contributed by atoms with Gasteiger partial charge in [0.05, 0.1) is 0 Å². The lowest BCUT2D eigenvalue weighted by Gasteiger charge is -2.26. The molecular formula is C13H16BrNO2. The maximum atomic E-state index is 5.66. The molecule has 1 aromatic rings. The summed E-state index contributed by atoms with van der Waals surface area (Å²) in [6.07, 6.45) is 2.35. The van der Waals surface area contributed by atoms with Gasteiger partial charge in [0.1, 0.15) is 0 Å². The van der Waals surface area contributed by atoms with Crippen LogP contribution in [0.25, 0.3) is 0 Å². The highest BCUT2D eigenvalue weighted by molar-refractivity contribution is 9.10. The van der Waals surface area contributed by atoms with Gasteiger partial charge in [-0.2, -0.15) is 0 Å². The van der Waals surface area contributed by atoms with Gasteiger partial charge < -0.3 is 14.8 Å². The summed E-state index contributed by atoms with van der Waals surface area (Å²) in [6, 6.07) is 2.02. The van der Waals surface area contributed by atoms with E-state index in [2.05, 4.69) is 28.2 Å². The Kier molecular flexibility index (Phi) is 3.01. The zero-order chi connectivity index (χ0) is 11.8. The molecule has 2 aliphatic heterocycles. The van der Waals surface area contributed by atoms with Crippen molar-refractivity contribution in [3.63, 3.8) is 0 Å². The first-order valence-corrected chi connectivity index (χ1v) is 6.86. The summed E-state index contributed by atoms with van der Waals surface area (Å²) < 4.78 is 12.3. The van der Waals surface area contributed by atoms with E-state index in [-0.39, 0.29) is 0 Å². The number of halogens is 1. The topological polar surface area (TPSA) is 30.5 Å². The van der Waals surface area contributed by atoms with Gasteiger partial charge in [-0.05, 0) is 50.4 Å². The first kappa shape index (κ1) is 11.4. The van der Waals surface area contributed by atoms with Gasteiger partial charge in [0.2, 0.25) is 6.79 Å². The summed E-state index contributed by atoms with van der Waals surface area (Å²) in [7, 11) is 0. The lowest BCUT2D eigenvalue weighted by Crippen LogP contribution is -2.27. The molecule has 2 aliphatic rings. The zero-order valence-corrected chi connectivity index (χ0v) is 11.5. The van der Waals surface area contributed by atoms with E-state index < -0.39 is 0 Å². The van der Waals surface area contributed by atoms with E-state index in [0.717, 1.165) is 29.1 Å². The number of hydrogen-bond donors (Lipinski definition) is 1. The quantitative estimate of drug-likeness (QED) is 0.864. The second kappa shape index (κ2) is 4.50. The molecule has 92 valence electrons. The molecule has 1 N–H and O–H groups in total. The Morgan fingerprint density at radius 3 is 2.82 bits per heavy atom. The van der Waals surface area contributed by atoms with Crippen LogP contribution in [0.1, 0.15) is 29.9 Å². The molecule has 0 unspecified atom stereocenters. The Bertz CT molecular complexity index is 442. The van der Waals surface area contributed by atoms with Gasteiger partial charge in [0, 0.05) is 10.0 Å². The molecule has 0 aliphatic carbocycles. The fourth-order valence-electron chi connectivity index (χ4n) is 2.73. The Morgan fingerprint density at radius 2 is 2.06 bits per heavy atom. The number of rotatable bonds is 1. The molecule has 0 bridgehead atoms. The molecule has 1 aromatic carbocycles. The summed E-state index contributed by atoms with van der Waals surface area (Å²) in [5, 5.41) is 3.40. The minimum absolute atomic E-state index is 0.350. The van der Waals surface area contributed by atoms with Crippen LogP contribution in [0.5, 0.6) is 11.5 Å². The Morgan fingerprint density at radius 1 is 1.29 bits per heavy atom.